The Hall–Kier alpha value is -1.32. The first-order valence-corrected chi connectivity index (χ1v) is 4.97. The number of amides is 1. The number of carbonyl (C=O) groups excluding carboxylic acids is 1. The predicted octanol–water partition coefficient (Wildman–Crippen LogP) is 1.33. The van der Waals surface area contributed by atoms with Crippen LogP contribution < -0.4 is 5.32 Å². The summed E-state index contributed by atoms with van der Waals surface area (Å²) in [6.07, 6.45) is 6.88. The fourth-order valence-corrected chi connectivity index (χ4v) is 1.73. The van der Waals surface area contributed by atoms with Gasteiger partial charge in [0.1, 0.15) is 0 Å². The molecule has 0 aliphatic heterocycles. The summed E-state index contributed by atoms with van der Waals surface area (Å²) in [6, 6.07) is 0. The van der Waals surface area contributed by atoms with Crippen LogP contribution in [0.4, 0.5) is 0 Å². The van der Waals surface area contributed by atoms with Gasteiger partial charge >= 0.3 is 0 Å². The van der Waals surface area contributed by atoms with Crippen LogP contribution in [-0.2, 0) is 0 Å². The summed E-state index contributed by atoms with van der Waals surface area (Å²) in [7, 11) is 0. The van der Waals surface area contributed by atoms with Crippen LogP contribution in [0.5, 0.6) is 0 Å². The van der Waals surface area contributed by atoms with E-state index < -0.39 is 0 Å². The molecule has 0 radical (unpaired) electrons. The van der Waals surface area contributed by atoms with Crippen molar-refractivity contribution in [3.05, 3.63) is 18.0 Å². The van der Waals surface area contributed by atoms with Crippen molar-refractivity contribution >= 4 is 5.91 Å². The molecule has 0 unspecified atom stereocenters. The summed E-state index contributed by atoms with van der Waals surface area (Å²) in [5, 5.41) is 9.29. The van der Waals surface area contributed by atoms with Crippen molar-refractivity contribution in [2.24, 2.45) is 5.41 Å². The topological polar surface area (TPSA) is 57.8 Å². The molecule has 1 aliphatic rings. The number of aromatic amines is 1. The molecule has 4 nitrogen and oxygen atoms in total. The smallest absolute Gasteiger partial charge is 0.254 e. The van der Waals surface area contributed by atoms with Crippen molar-refractivity contribution in [2.75, 3.05) is 6.54 Å². The Labute approximate surface area is 83.1 Å². The van der Waals surface area contributed by atoms with E-state index >= 15 is 0 Å². The van der Waals surface area contributed by atoms with Crippen LogP contribution in [0.3, 0.4) is 0 Å². The summed E-state index contributed by atoms with van der Waals surface area (Å²) >= 11 is 0. The van der Waals surface area contributed by atoms with Crippen LogP contribution in [-0.4, -0.2) is 22.6 Å². The first-order chi connectivity index (χ1) is 6.70. The monoisotopic (exact) mass is 193 g/mol. The minimum Gasteiger partial charge on any atom is -0.351 e. The Morgan fingerprint density at radius 2 is 2.50 bits per heavy atom. The average molecular weight is 193 g/mol. The first-order valence-electron chi connectivity index (χ1n) is 4.97. The van der Waals surface area contributed by atoms with Crippen LogP contribution in [0.1, 0.15) is 36.5 Å². The molecule has 1 saturated carbocycles. The lowest BCUT2D eigenvalue weighted by atomic mass is 9.70. The maximum atomic E-state index is 11.5. The number of nitrogens with zero attached hydrogens (tertiary/aromatic N) is 1. The fourth-order valence-electron chi connectivity index (χ4n) is 1.73. The lowest BCUT2D eigenvalue weighted by Gasteiger charge is -2.38. The highest BCUT2D eigenvalue weighted by atomic mass is 16.1. The van der Waals surface area contributed by atoms with Gasteiger partial charge < -0.3 is 5.32 Å². The number of hydrogen-bond donors (Lipinski definition) is 2. The van der Waals surface area contributed by atoms with Crippen molar-refractivity contribution in [3.8, 4) is 0 Å². The second kappa shape index (κ2) is 3.44. The lowest BCUT2D eigenvalue weighted by molar-refractivity contribution is 0.0891. The van der Waals surface area contributed by atoms with Gasteiger partial charge in [-0.05, 0) is 18.3 Å². The van der Waals surface area contributed by atoms with E-state index in [2.05, 4.69) is 22.4 Å². The maximum absolute atomic E-state index is 11.5. The number of H-pyrrole nitrogens is 1. The molecule has 0 atom stereocenters. The summed E-state index contributed by atoms with van der Waals surface area (Å²) in [5.74, 6) is -0.0353. The molecule has 0 saturated heterocycles. The average Bonchev–Trinajstić information content (AvgIpc) is 2.63. The fraction of sp³-hybridized carbons (Fsp3) is 0.600. The minimum atomic E-state index is -0.0353. The second-order valence-electron chi connectivity index (χ2n) is 4.33. The summed E-state index contributed by atoms with van der Waals surface area (Å²) in [5.41, 5.74) is 0.937. The Bertz CT molecular complexity index is 314. The van der Waals surface area contributed by atoms with Crippen molar-refractivity contribution in [3.63, 3.8) is 0 Å². The van der Waals surface area contributed by atoms with Gasteiger partial charge in [0.15, 0.2) is 0 Å². The SMILES string of the molecule is CC1(CNC(=O)c2cn[nH]c2)CCC1. The lowest BCUT2D eigenvalue weighted by Crippen LogP contribution is -2.39. The molecule has 0 spiro atoms. The van der Waals surface area contributed by atoms with Gasteiger partial charge in [0.2, 0.25) is 0 Å². The molecule has 76 valence electrons. The standard InChI is InChI=1S/C10H15N3O/c1-10(3-2-4-10)7-11-9(14)8-5-12-13-6-8/h5-6H,2-4,7H2,1H3,(H,11,14)(H,12,13). The van der Waals surface area contributed by atoms with Gasteiger partial charge in [-0.1, -0.05) is 13.3 Å². The van der Waals surface area contributed by atoms with Crippen molar-refractivity contribution in [1.29, 1.82) is 0 Å². The molecule has 2 rings (SSSR count). The number of carbonyl (C=O) groups is 1. The molecular formula is C10H15N3O. The third-order valence-corrected chi connectivity index (χ3v) is 3.00. The van der Waals surface area contributed by atoms with E-state index in [4.69, 9.17) is 0 Å². The van der Waals surface area contributed by atoms with E-state index in [0.29, 0.717) is 11.0 Å². The first kappa shape index (κ1) is 9.24. The molecule has 2 N–H and O–H groups in total. The summed E-state index contributed by atoms with van der Waals surface area (Å²) in [4.78, 5) is 11.5. The number of nitrogens with one attached hydrogen (secondary N) is 2. The van der Waals surface area contributed by atoms with Crippen molar-refractivity contribution in [1.82, 2.24) is 15.5 Å². The van der Waals surface area contributed by atoms with Crippen LogP contribution in [0.25, 0.3) is 0 Å². The highest BCUT2D eigenvalue weighted by Crippen LogP contribution is 2.39. The molecule has 1 fully saturated rings. The number of aromatic nitrogens is 2. The van der Waals surface area contributed by atoms with Gasteiger partial charge in [-0.2, -0.15) is 5.10 Å². The molecule has 1 amide bonds. The largest absolute Gasteiger partial charge is 0.351 e. The highest BCUT2D eigenvalue weighted by Gasteiger charge is 2.31. The third-order valence-electron chi connectivity index (χ3n) is 3.00. The van der Waals surface area contributed by atoms with Crippen LogP contribution in [0, 0.1) is 5.41 Å². The zero-order valence-corrected chi connectivity index (χ0v) is 8.34. The van der Waals surface area contributed by atoms with E-state index in [0.717, 1.165) is 6.54 Å². The Balaban J connectivity index is 1.84. The van der Waals surface area contributed by atoms with Crippen LogP contribution in [0.2, 0.25) is 0 Å². The molecule has 0 aromatic carbocycles. The molecule has 1 aromatic heterocycles. The van der Waals surface area contributed by atoms with E-state index in [9.17, 15) is 4.79 Å². The molecule has 1 aliphatic carbocycles. The van der Waals surface area contributed by atoms with Gasteiger partial charge in [0.25, 0.3) is 5.91 Å². The molecule has 4 heteroatoms. The maximum Gasteiger partial charge on any atom is 0.254 e. The molecule has 1 aromatic rings. The van der Waals surface area contributed by atoms with Crippen molar-refractivity contribution < 1.29 is 4.79 Å². The molecule has 1 heterocycles. The second-order valence-corrected chi connectivity index (χ2v) is 4.33. The normalized spacial score (nSPS) is 18.6. The Morgan fingerprint density at radius 3 is 3.00 bits per heavy atom. The summed E-state index contributed by atoms with van der Waals surface area (Å²) in [6.45, 7) is 2.99. The molecular weight excluding hydrogens is 178 g/mol. The molecule has 14 heavy (non-hydrogen) atoms. The number of rotatable bonds is 3. The van der Waals surface area contributed by atoms with E-state index in [1.165, 1.54) is 19.3 Å². The van der Waals surface area contributed by atoms with E-state index in [1.807, 2.05) is 0 Å². The zero-order valence-electron chi connectivity index (χ0n) is 8.34. The Morgan fingerprint density at radius 1 is 1.71 bits per heavy atom. The predicted molar refractivity (Wildman–Crippen MR) is 52.9 cm³/mol. The van der Waals surface area contributed by atoms with Crippen LogP contribution >= 0.6 is 0 Å². The van der Waals surface area contributed by atoms with Gasteiger partial charge in [-0.25, -0.2) is 0 Å². The quantitative estimate of drug-likeness (QED) is 0.760. The number of hydrogen-bond acceptors (Lipinski definition) is 2. The zero-order chi connectivity index (χ0) is 10.0. The third kappa shape index (κ3) is 1.78. The minimum absolute atomic E-state index is 0.0353. The highest BCUT2D eigenvalue weighted by molar-refractivity contribution is 5.93. The molecule has 0 bridgehead atoms. The van der Waals surface area contributed by atoms with Gasteiger partial charge in [0, 0.05) is 12.7 Å². The van der Waals surface area contributed by atoms with Gasteiger partial charge in [0.05, 0.1) is 11.8 Å². The van der Waals surface area contributed by atoms with E-state index in [1.54, 1.807) is 12.4 Å². The summed E-state index contributed by atoms with van der Waals surface area (Å²) < 4.78 is 0. The van der Waals surface area contributed by atoms with Gasteiger partial charge in [-0.3, -0.25) is 9.89 Å². The Kier molecular flexibility index (Phi) is 2.27. The van der Waals surface area contributed by atoms with E-state index in [-0.39, 0.29) is 5.91 Å². The van der Waals surface area contributed by atoms with Crippen LogP contribution in [0.15, 0.2) is 12.4 Å². The van der Waals surface area contributed by atoms with Crippen molar-refractivity contribution in [2.45, 2.75) is 26.2 Å². The van der Waals surface area contributed by atoms with Gasteiger partial charge in [-0.15, -0.1) is 0 Å².